The Morgan fingerprint density at radius 1 is 1.38 bits per heavy atom. The van der Waals surface area contributed by atoms with E-state index >= 15 is 0 Å². The van der Waals surface area contributed by atoms with Crippen molar-refractivity contribution >= 4 is 46.6 Å². The standard InChI is InChI=1S/C13H12Cl2N4OS/c14-10-4-1-8(5-11(10)15)17-12(20)6-21-13-18-16-7-19(13)9-2-3-9/h1,4-5,7,9H,2-3,6H2,(H,17,20). The van der Waals surface area contributed by atoms with Crippen molar-refractivity contribution in [3.63, 3.8) is 0 Å². The molecule has 1 fully saturated rings. The zero-order valence-corrected chi connectivity index (χ0v) is 13.3. The highest BCUT2D eigenvalue weighted by atomic mass is 35.5. The summed E-state index contributed by atoms with van der Waals surface area (Å²) in [6, 6.07) is 5.49. The molecule has 1 aliphatic rings. The lowest BCUT2D eigenvalue weighted by atomic mass is 10.3. The van der Waals surface area contributed by atoms with Crippen molar-refractivity contribution in [2.24, 2.45) is 0 Å². The smallest absolute Gasteiger partial charge is 0.234 e. The van der Waals surface area contributed by atoms with Crippen molar-refractivity contribution in [3.8, 4) is 0 Å². The maximum atomic E-state index is 11.9. The fraction of sp³-hybridized carbons (Fsp3) is 0.308. The molecule has 1 aromatic carbocycles. The maximum Gasteiger partial charge on any atom is 0.234 e. The number of anilines is 1. The fourth-order valence-corrected chi connectivity index (χ4v) is 2.92. The lowest BCUT2D eigenvalue weighted by molar-refractivity contribution is -0.113. The minimum Gasteiger partial charge on any atom is -0.325 e. The molecule has 0 spiro atoms. The third kappa shape index (κ3) is 3.70. The third-order valence-electron chi connectivity index (χ3n) is 3.02. The highest BCUT2D eigenvalue weighted by molar-refractivity contribution is 7.99. The first-order chi connectivity index (χ1) is 10.1. The first-order valence-corrected chi connectivity index (χ1v) is 8.15. The predicted octanol–water partition coefficient (Wildman–Crippen LogP) is 3.65. The molecule has 1 heterocycles. The second-order valence-electron chi connectivity index (χ2n) is 4.72. The molecule has 0 radical (unpaired) electrons. The number of amides is 1. The van der Waals surface area contributed by atoms with E-state index in [9.17, 15) is 4.79 Å². The van der Waals surface area contributed by atoms with Gasteiger partial charge < -0.3 is 9.88 Å². The molecule has 8 heteroatoms. The summed E-state index contributed by atoms with van der Waals surface area (Å²) in [4.78, 5) is 11.9. The number of thioether (sulfide) groups is 1. The molecule has 3 rings (SSSR count). The second kappa shape index (κ2) is 6.25. The number of halogens is 2. The van der Waals surface area contributed by atoms with Crippen LogP contribution in [0.1, 0.15) is 18.9 Å². The van der Waals surface area contributed by atoms with Crippen LogP contribution in [0.15, 0.2) is 29.7 Å². The SMILES string of the molecule is O=C(CSc1nncn1C1CC1)Nc1ccc(Cl)c(Cl)c1. The van der Waals surface area contributed by atoms with Crippen molar-refractivity contribution in [2.75, 3.05) is 11.1 Å². The highest BCUT2D eigenvalue weighted by Gasteiger charge is 2.26. The molecule has 5 nitrogen and oxygen atoms in total. The van der Waals surface area contributed by atoms with Crippen LogP contribution < -0.4 is 5.32 Å². The minimum absolute atomic E-state index is 0.122. The summed E-state index contributed by atoms with van der Waals surface area (Å²) in [5, 5.41) is 12.4. The molecule has 21 heavy (non-hydrogen) atoms. The topological polar surface area (TPSA) is 59.8 Å². The Hall–Kier alpha value is -1.24. The van der Waals surface area contributed by atoms with E-state index < -0.39 is 0 Å². The van der Waals surface area contributed by atoms with Gasteiger partial charge in [0.25, 0.3) is 0 Å². The molecule has 0 saturated heterocycles. The summed E-state index contributed by atoms with van der Waals surface area (Å²) in [6.45, 7) is 0. The Morgan fingerprint density at radius 3 is 2.90 bits per heavy atom. The summed E-state index contributed by atoms with van der Waals surface area (Å²) < 4.78 is 2.02. The molecule has 0 atom stereocenters. The first-order valence-electron chi connectivity index (χ1n) is 6.40. The van der Waals surface area contributed by atoms with Gasteiger partial charge in [0.2, 0.25) is 5.91 Å². The summed E-state index contributed by atoms with van der Waals surface area (Å²) in [6.07, 6.45) is 4.03. The number of rotatable bonds is 5. The van der Waals surface area contributed by atoms with Gasteiger partial charge in [0.05, 0.1) is 15.8 Å². The van der Waals surface area contributed by atoms with Crippen molar-refractivity contribution < 1.29 is 4.79 Å². The van der Waals surface area contributed by atoms with Crippen LogP contribution in [-0.2, 0) is 4.79 Å². The van der Waals surface area contributed by atoms with Gasteiger partial charge in [0.15, 0.2) is 5.16 Å². The molecule has 0 bridgehead atoms. The number of hydrogen-bond donors (Lipinski definition) is 1. The van der Waals surface area contributed by atoms with Gasteiger partial charge in [-0.25, -0.2) is 0 Å². The first kappa shape index (κ1) is 14.7. The number of hydrogen-bond acceptors (Lipinski definition) is 4. The van der Waals surface area contributed by atoms with E-state index in [-0.39, 0.29) is 11.7 Å². The van der Waals surface area contributed by atoms with Crippen molar-refractivity contribution in [1.82, 2.24) is 14.8 Å². The maximum absolute atomic E-state index is 11.9. The molecule has 0 aliphatic heterocycles. The van der Waals surface area contributed by atoms with Crippen LogP contribution >= 0.6 is 35.0 Å². The van der Waals surface area contributed by atoms with Gasteiger partial charge in [-0.15, -0.1) is 10.2 Å². The Bertz CT molecular complexity index is 672. The Balaban J connectivity index is 1.56. The van der Waals surface area contributed by atoms with Gasteiger partial charge in [-0.2, -0.15) is 0 Å². The molecule has 1 N–H and O–H groups in total. The van der Waals surface area contributed by atoms with Gasteiger partial charge >= 0.3 is 0 Å². The molecule has 110 valence electrons. The van der Waals surface area contributed by atoms with Gasteiger partial charge in [0, 0.05) is 11.7 Å². The van der Waals surface area contributed by atoms with Gasteiger partial charge in [0.1, 0.15) is 6.33 Å². The Morgan fingerprint density at radius 2 is 2.19 bits per heavy atom. The van der Waals surface area contributed by atoms with Crippen molar-refractivity contribution in [1.29, 1.82) is 0 Å². The number of aromatic nitrogens is 3. The monoisotopic (exact) mass is 342 g/mol. The van der Waals surface area contributed by atoms with Crippen LogP contribution in [0.2, 0.25) is 10.0 Å². The molecule has 2 aromatic rings. The number of carbonyl (C=O) groups is 1. The van der Waals surface area contributed by atoms with Crippen LogP contribution in [0.25, 0.3) is 0 Å². The zero-order valence-electron chi connectivity index (χ0n) is 10.9. The van der Waals surface area contributed by atoms with Gasteiger partial charge in [-0.1, -0.05) is 35.0 Å². The van der Waals surface area contributed by atoms with Crippen LogP contribution in [-0.4, -0.2) is 26.4 Å². The van der Waals surface area contributed by atoms with Crippen molar-refractivity contribution in [2.45, 2.75) is 24.0 Å². The highest BCUT2D eigenvalue weighted by Crippen LogP contribution is 2.37. The summed E-state index contributed by atoms with van der Waals surface area (Å²) in [5.41, 5.74) is 0.624. The second-order valence-corrected chi connectivity index (χ2v) is 6.47. The fourth-order valence-electron chi connectivity index (χ4n) is 1.84. The van der Waals surface area contributed by atoms with E-state index in [0.717, 1.165) is 18.0 Å². The summed E-state index contributed by atoms with van der Waals surface area (Å²) in [7, 11) is 0. The Kier molecular flexibility index (Phi) is 4.37. The van der Waals surface area contributed by atoms with E-state index in [0.29, 0.717) is 21.8 Å². The van der Waals surface area contributed by atoms with Crippen LogP contribution in [0.3, 0.4) is 0 Å². The largest absolute Gasteiger partial charge is 0.325 e. The Labute approximate surface area is 136 Å². The third-order valence-corrected chi connectivity index (χ3v) is 4.71. The normalized spacial score (nSPS) is 14.2. The van der Waals surface area contributed by atoms with Gasteiger partial charge in [-0.05, 0) is 31.0 Å². The molecule has 1 aliphatic carbocycles. The minimum atomic E-state index is -0.122. The van der Waals surface area contributed by atoms with E-state index in [4.69, 9.17) is 23.2 Å². The molecule has 1 saturated carbocycles. The van der Waals surface area contributed by atoms with E-state index in [2.05, 4.69) is 15.5 Å². The van der Waals surface area contributed by atoms with Crippen LogP contribution in [0.5, 0.6) is 0 Å². The number of benzene rings is 1. The number of nitrogens with one attached hydrogen (secondary N) is 1. The van der Waals surface area contributed by atoms with Gasteiger partial charge in [-0.3, -0.25) is 4.79 Å². The van der Waals surface area contributed by atoms with Crippen LogP contribution in [0.4, 0.5) is 5.69 Å². The summed E-state index contributed by atoms with van der Waals surface area (Å²) >= 11 is 13.1. The molecular formula is C13H12Cl2N4OS. The number of nitrogens with zero attached hydrogens (tertiary/aromatic N) is 3. The average Bonchev–Trinajstić information content (AvgIpc) is 3.19. The zero-order chi connectivity index (χ0) is 14.8. The quantitative estimate of drug-likeness (QED) is 0.842. The lowest BCUT2D eigenvalue weighted by Gasteiger charge is -2.07. The average molecular weight is 343 g/mol. The van der Waals surface area contributed by atoms with E-state index in [1.165, 1.54) is 11.8 Å². The number of carbonyl (C=O) groups excluding carboxylic acids is 1. The molecular weight excluding hydrogens is 331 g/mol. The molecule has 0 unspecified atom stereocenters. The van der Waals surface area contributed by atoms with Crippen molar-refractivity contribution in [3.05, 3.63) is 34.6 Å². The molecule has 1 amide bonds. The summed E-state index contributed by atoms with van der Waals surface area (Å²) in [5.74, 6) is 0.148. The predicted molar refractivity (Wildman–Crippen MR) is 84.1 cm³/mol. The lowest BCUT2D eigenvalue weighted by Crippen LogP contribution is -2.14. The van der Waals surface area contributed by atoms with E-state index in [1.807, 2.05) is 4.57 Å². The molecule has 1 aromatic heterocycles. The van der Waals surface area contributed by atoms with Crippen LogP contribution in [0, 0.1) is 0 Å². The van der Waals surface area contributed by atoms with E-state index in [1.54, 1.807) is 24.5 Å².